The first kappa shape index (κ1) is 45.1. The summed E-state index contributed by atoms with van der Waals surface area (Å²) in [7, 11) is 0. The maximum atomic E-state index is 12.1. The van der Waals surface area contributed by atoms with Gasteiger partial charge in [-0.3, -0.25) is 0 Å². The number of rotatable bonds is 12. The van der Waals surface area contributed by atoms with Crippen molar-refractivity contribution in [3.8, 4) is 23.0 Å². The number of phenolic OH excluding ortho intramolecular Hbond substituents is 3. The Morgan fingerprint density at radius 2 is 1.21 bits per heavy atom. The van der Waals surface area contributed by atoms with Crippen LogP contribution in [0.4, 0.5) is 0 Å². The Bertz CT molecular complexity index is 1830. The first-order chi connectivity index (χ1) is 26.6. The van der Waals surface area contributed by atoms with Crippen LogP contribution in [0.5, 0.6) is 23.0 Å². The van der Waals surface area contributed by atoms with Gasteiger partial charge in [0.05, 0.1) is 6.61 Å². The molecule has 0 amide bonds. The van der Waals surface area contributed by atoms with E-state index in [1.165, 1.54) is 29.8 Å². The van der Waals surface area contributed by atoms with E-state index in [1.54, 1.807) is 60.7 Å². The second-order valence-electron chi connectivity index (χ2n) is 15.6. The Labute approximate surface area is 332 Å². The Morgan fingerprint density at radius 3 is 1.68 bits per heavy atom. The van der Waals surface area contributed by atoms with E-state index in [1.807, 2.05) is 12.1 Å². The van der Waals surface area contributed by atoms with Gasteiger partial charge in [-0.1, -0.05) is 116 Å². The zero-order chi connectivity index (χ0) is 41.3. The molecule has 4 aromatic rings. The fourth-order valence-electron chi connectivity index (χ4n) is 6.75. The highest BCUT2D eigenvalue weighted by Crippen LogP contribution is 2.40. The first-order valence-corrected chi connectivity index (χ1v) is 19.7. The predicted octanol–water partition coefficient (Wildman–Crippen LogP) is 11.3. The largest absolute Gasteiger partial charge is 0.507 e. The molecule has 3 atom stereocenters. The van der Waals surface area contributed by atoms with Crippen LogP contribution in [0.2, 0.25) is 0 Å². The summed E-state index contributed by atoms with van der Waals surface area (Å²) in [6, 6.07) is 26.7. The smallest absolute Gasteiger partial charge is 0.347 e. The average molecular weight is 769 g/mol. The molecule has 0 saturated heterocycles. The molecule has 56 heavy (non-hydrogen) atoms. The molecule has 0 bridgehead atoms. The van der Waals surface area contributed by atoms with Crippen molar-refractivity contribution in [1.29, 1.82) is 0 Å². The summed E-state index contributed by atoms with van der Waals surface area (Å²) < 4.78 is 16.0. The lowest BCUT2D eigenvalue weighted by Crippen LogP contribution is -2.34. The minimum atomic E-state index is -0.560. The molecule has 9 nitrogen and oxygen atoms in total. The van der Waals surface area contributed by atoms with Crippen molar-refractivity contribution in [1.82, 2.24) is 0 Å². The van der Waals surface area contributed by atoms with Gasteiger partial charge in [-0.2, -0.15) is 0 Å². The monoisotopic (exact) mass is 768 g/mol. The highest BCUT2D eigenvalue weighted by atomic mass is 16.5. The van der Waals surface area contributed by atoms with Crippen LogP contribution in [0.1, 0.15) is 136 Å². The number of ether oxygens (including phenoxy) is 3. The van der Waals surface area contributed by atoms with Gasteiger partial charge >= 0.3 is 17.9 Å². The predicted molar refractivity (Wildman–Crippen MR) is 219 cm³/mol. The summed E-state index contributed by atoms with van der Waals surface area (Å²) in [5, 5.41) is 28.8. The first-order valence-electron chi connectivity index (χ1n) is 19.7. The van der Waals surface area contributed by atoms with Crippen LogP contribution in [0, 0.1) is 17.3 Å². The molecule has 3 unspecified atom stereocenters. The fourth-order valence-corrected chi connectivity index (χ4v) is 6.75. The molecule has 0 aliphatic heterocycles. The maximum absolute atomic E-state index is 12.1. The molecule has 0 heterocycles. The zero-order valence-electron chi connectivity index (χ0n) is 34.0. The van der Waals surface area contributed by atoms with Crippen molar-refractivity contribution in [2.75, 3.05) is 6.61 Å². The molecule has 1 fully saturated rings. The van der Waals surface area contributed by atoms with E-state index >= 15 is 0 Å². The summed E-state index contributed by atoms with van der Waals surface area (Å²) in [5.74, 6) is 0.337. The topological polar surface area (TPSA) is 140 Å². The molecular weight excluding hydrogens is 709 g/mol. The zero-order valence-corrected chi connectivity index (χ0v) is 34.0. The molecule has 4 aromatic carbocycles. The number of carbonyl (C=O) groups is 3. The van der Waals surface area contributed by atoms with E-state index in [0.29, 0.717) is 30.1 Å². The van der Waals surface area contributed by atoms with Crippen LogP contribution in [-0.2, 0) is 9.47 Å². The van der Waals surface area contributed by atoms with Gasteiger partial charge in [0, 0.05) is 0 Å². The van der Waals surface area contributed by atoms with E-state index in [-0.39, 0.29) is 45.5 Å². The minimum Gasteiger partial charge on any atom is -0.507 e. The molecule has 1 aliphatic carbocycles. The van der Waals surface area contributed by atoms with Crippen molar-refractivity contribution in [2.24, 2.45) is 17.3 Å². The highest BCUT2D eigenvalue weighted by molar-refractivity contribution is 5.94. The molecule has 302 valence electrons. The minimum absolute atomic E-state index is 0.0179. The van der Waals surface area contributed by atoms with Crippen molar-refractivity contribution >= 4 is 17.9 Å². The lowest BCUT2D eigenvalue weighted by molar-refractivity contribution is -0.00738. The SMILES string of the molecule is CC(C)c1ccc(OC(=O)c2ccccc2O)cc1.CC1CC(OC(=O)c2ccccc2O)CC(C)(C)C1.CCCCC(CC)COC(=O)c1ccccc1O. The number of phenols is 3. The van der Waals surface area contributed by atoms with Crippen LogP contribution in [0.3, 0.4) is 0 Å². The number of para-hydroxylation sites is 3. The van der Waals surface area contributed by atoms with Gasteiger partial charge in [0.2, 0.25) is 0 Å². The standard InChI is InChI=1S/C16H22O3.C16H16O3.C15H22O3/c1-11-8-12(10-16(2,3)9-11)19-15(18)13-6-4-5-7-14(13)17;1-11(2)12-7-9-13(10-8-12)19-16(18)14-5-3-4-6-15(14)17;1-3-5-8-12(4-2)11-18-15(17)13-9-6-7-10-14(13)16/h4-7,11-12,17H,8-10H2,1-3H3;3-11,17H,1-2H3;6-7,9-10,12,16H,3-5,8,11H2,1-2H3. The van der Waals surface area contributed by atoms with Crippen molar-refractivity contribution in [3.05, 3.63) is 119 Å². The maximum Gasteiger partial charge on any atom is 0.347 e. The number of hydrogen-bond donors (Lipinski definition) is 3. The number of hydrogen-bond acceptors (Lipinski definition) is 9. The van der Waals surface area contributed by atoms with Gasteiger partial charge in [0.25, 0.3) is 0 Å². The molecular formula is C47H60O9. The van der Waals surface area contributed by atoms with Gasteiger partial charge in [-0.05, 0) is 103 Å². The summed E-state index contributed by atoms with van der Waals surface area (Å²) in [6.07, 6.45) is 7.31. The summed E-state index contributed by atoms with van der Waals surface area (Å²) >= 11 is 0. The number of aromatic hydroxyl groups is 3. The Balaban J connectivity index is 0.000000225. The number of benzene rings is 4. The quantitative estimate of drug-likeness (QED) is 0.0949. The normalized spacial score (nSPS) is 16.2. The molecule has 1 saturated carbocycles. The molecule has 0 spiro atoms. The Hall–Kier alpha value is -5.31. The summed E-state index contributed by atoms with van der Waals surface area (Å²) in [5.41, 5.74) is 2.04. The number of carbonyl (C=O) groups excluding carboxylic acids is 3. The summed E-state index contributed by atoms with van der Waals surface area (Å²) in [6.45, 7) is 15.5. The van der Waals surface area contributed by atoms with Crippen LogP contribution in [0.25, 0.3) is 0 Å². The molecule has 3 N–H and O–H groups in total. The molecule has 1 aliphatic rings. The van der Waals surface area contributed by atoms with E-state index in [9.17, 15) is 29.7 Å². The second kappa shape index (κ2) is 22.3. The molecule has 5 rings (SSSR count). The number of esters is 3. The lowest BCUT2D eigenvalue weighted by atomic mass is 9.71. The second-order valence-corrected chi connectivity index (χ2v) is 15.6. The van der Waals surface area contributed by atoms with Gasteiger partial charge in [0.15, 0.2) is 0 Å². The van der Waals surface area contributed by atoms with Crippen molar-refractivity contribution < 1.29 is 43.9 Å². The van der Waals surface area contributed by atoms with Crippen LogP contribution in [0.15, 0.2) is 97.1 Å². The lowest BCUT2D eigenvalue weighted by Gasteiger charge is -2.38. The van der Waals surface area contributed by atoms with Gasteiger partial charge in [0.1, 0.15) is 45.8 Å². The Morgan fingerprint density at radius 1 is 0.714 bits per heavy atom. The third-order valence-corrected chi connectivity index (χ3v) is 9.74. The van der Waals surface area contributed by atoms with Gasteiger partial charge < -0.3 is 29.5 Å². The van der Waals surface area contributed by atoms with Gasteiger partial charge in [-0.15, -0.1) is 0 Å². The van der Waals surface area contributed by atoms with E-state index in [2.05, 4.69) is 48.5 Å². The Kier molecular flexibility index (Phi) is 17.9. The molecule has 0 aromatic heterocycles. The van der Waals surface area contributed by atoms with E-state index in [4.69, 9.17) is 14.2 Å². The third-order valence-electron chi connectivity index (χ3n) is 9.74. The van der Waals surface area contributed by atoms with E-state index in [0.717, 1.165) is 44.9 Å². The van der Waals surface area contributed by atoms with Crippen LogP contribution in [-0.4, -0.2) is 45.9 Å². The third kappa shape index (κ3) is 14.7. The van der Waals surface area contributed by atoms with Crippen LogP contribution < -0.4 is 4.74 Å². The summed E-state index contributed by atoms with van der Waals surface area (Å²) in [4.78, 5) is 35.7. The average Bonchev–Trinajstić information content (AvgIpc) is 3.15. The number of unbranched alkanes of at least 4 members (excludes halogenated alkanes) is 1. The fraction of sp³-hybridized carbons (Fsp3) is 0.426. The molecule has 0 radical (unpaired) electrons. The van der Waals surface area contributed by atoms with Crippen molar-refractivity contribution in [3.63, 3.8) is 0 Å². The van der Waals surface area contributed by atoms with E-state index < -0.39 is 17.9 Å². The molecule has 9 heteroatoms. The highest BCUT2D eigenvalue weighted by Gasteiger charge is 2.34. The van der Waals surface area contributed by atoms with Crippen molar-refractivity contribution in [2.45, 2.75) is 105 Å². The van der Waals surface area contributed by atoms with Gasteiger partial charge in [-0.25, -0.2) is 14.4 Å². The van der Waals surface area contributed by atoms with Crippen LogP contribution >= 0.6 is 0 Å².